The zero-order chi connectivity index (χ0) is 20.1. The summed E-state index contributed by atoms with van der Waals surface area (Å²) in [5, 5.41) is 10.3. The lowest BCUT2D eigenvalue weighted by Gasteiger charge is -2.34. The van der Waals surface area contributed by atoms with E-state index in [1.165, 1.54) is 11.8 Å². The number of nitrogens with one attached hydrogen (secondary N) is 1. The molecule has 0 spiro atoms. The average molecular weight is 407 g/mol. The summed E-state index contributed by atoms with van der Waals surface area (Å²) in [4.78, 5) is 28.4. The SMILES string of the molecule is Cc1cc(NC(=O)CSCC(=O)N2CCN(Cc3c(C)noc3C)CC2)no1. The van der Waals surface area contributed by atoms with Gasteiger partial charge in [-0.05, 0) is 20.8 Å². The van der Waals surface area contributed by atoms with E-state index in [0.29, 0.717) is 24.7 Å². The van der Waals surface area contributed by atoms with Gasteiger partial charge in [0.1, 0.15) is 11.5 Å². The molecule has 9 nitrogen and oxygen atoms in total. The highest BCUT2D eigenvalue weighted by atomic mass is 32.2. The summed E-state index contributed by atoms with van der Waals surface area (Å²) >= 11 is 1.30. The summed E-state index contributed by atoms with van der Waals surface area (Å²) in [5.41, 5.74) is 2.05. The van der Waals surface area contributed by atoms with Crippen LogP contribution < -0.4 is 5.32 Å². The molecule has 28 heavy (non-hydrogen) atoms. The van der Waals surface area contributed by atoms with Gasteiger partial charge in [-0.3, -0.25) is 14.5 Å². The van der Waals surface area contributed by atoms with Gasteiger partial charge in [-0.2, -0.15) is 0 Å². The Morgan fingerprint density at radius 2 is 1.86 bits per heavy atom. The van der Waals surface area contributed by atoms with Crippen molar-refractivity contribution < 1.29 is 18.6 Å². The van der Waals surface area contributed by atoms with Gasteiger partial charge >= 0.3 is 0 Å². The number of rotatable bonds is 7. The van der Waals surface area contributed by atoms with E-state index in [1.807, 2.05) is 18.7 Å². The molecule has 3 rings (SSSR count). The van der Waals surface area contributed by atoms with Gasteiger partial charge in [0.05, 0.1) is 17.2 Å². The maximum absolute atomic E-state index is 12.4. The number of nitrogens with zero attached hydrogens (tertiary/aromatic N) is 4. The van der Waals surface area contributed by atoms with Gasteiger partial charge in [0.2, 0.25) is 11.8 Å². The monoisotopic (exact) mass is 407 g/mol. The van der Waals surface area contributed by atoms with Crippen LogP contribution in [-0.2, 0) is 16.1 Å². The Morgan fingerprint density at radius 1 is 1.11 bits per heavy atom. The van der Waals surface area contributed by atoms with Gasteiger partial charge in [0.15, 0.2) is 5.82 Å². The average Bonchev–Trinajstić information content (AvgIpc) is 3.22. The largest absolute Gasteiger partial charge is 0.361 e. The predicted octanol–water partition coefficient (Wildman–Crippen LogP) is 1.60. The van der Waals surface area contributed by atoms with Crippen LogP contribution in [0.1, 0.15) is 22.8 Å². The molecular weight excluding hydrogens is 382 g/mol. The summed E-state index contributed by atoms with van der Waals surface area (Å²) in [6, 6.07) is 1.65. The fourth-order valence-corrected chi connectivity index (χ4v) is 3.75. The van der Waals surface area contributed by atoms with E-state index >= 15 is 0 Å². The first-order valence-corrected chi connectivity index (χ1v) is 10.3. The lowest BCUT2D eigenvalue weighted by molar-refractivity contribution is -0.130. The highest BCUT2D eigenvalue weighted by Crippen LogP contribution is 2.16. The molecule has 0 aromatic carbocycles. The van der Waals surface area contributed by atoms with Crippen molar-refractivity contribution in [2.45, 2.75) is 27.3 Å². The van der Waals surface area contributed by atoms with Crippen LogP contribution in [0.4, 0.5) is 5.82 Å². The molecule has 0 aliphatic carbocycles. The fourth-order valence-electron chi connectivity index (χ4n) is 3.03. The van der Waals surface area contributed by atoms with Crippen molar-refractivity contribution in [3.63, 3.8) is 0 Å². The van der Waals surface area contributed by atoms with Crippen LogP contribution in [0, 0.1) is 20.8 Å². The normalized spacial score (nSPS) is 15.0. The van der Waals surface area contributed by atoms with Crippen molar-refractivity contribution in [2.24, 2.45) is 0 Å². The van der Waals surface area contributed by atoms with Crippen LogP contribution >= 0.6 is 11.8 Å². The van der Waals surface area contributed by atoms with Gasteiger partial charge in [-0.25, -0.2) is 0 Å². The van der Waals surface area contributed by atoms with Gasteiger partial charge in [0.25, 0.3) is 0 Å². The summed E-state index contributed by atoms with van der Waals surface area (Å²) in [6.45, 7) is 9.41. The quantitative estimate of drug-likeness (QED) is 0.738. The van der Waals surface area contributed by atoms with Crippen LogP contribution in [0.2, 0.25) is 0 Å². The Kier molecular flexibility index (Phi) is 6.74. The lowest BCUT2D eigenvalue weighted by Crippen LogP contribution is -2.49. The smallest absolute Gasteiger partial charge is 0.235 e. The first-order chi connectivity index (χ1) is 13.4. The molecule has 0 radical (unpaired) electrons. The first kappa shape index (κ1) is 20.4. The third-order valence-electron chi connectivity index (χ3n) is 4.64. The van der Waals surface area contributed by atoms with E-state index < -0.39 is 0 Å². The minimum atomic E-state index is -0.199. The maximum Gasteiger partial charge on any atom is 0.235 e. The van der Waals surface area contributed by atoms with Gasteiger partial charge in [0, 0.05) is 44.4 Å². The van der Waals surface area contributed by atoms with Crippen LogP contribution in [0.25, 0.3) is 0 Å². The standard InChI is InChI=1S/C18H25N5O4S/c1-12-8-16(21-26-12)19-17(24)10-28-11-18(25)23-6-4-22(5-7-23)9-15-13(2)20-27-14(15)3/h8H,4-7,9-11H2,1-3H3,(H,19,21,24). The first-order valence-electron chi connectivity index (χ1n) is 9.15. The topological polar surface area (TPSA) is 105 Å². The van der Waals surface area contributed by atoms with E-state index in [1.54, 1.807) is 13.0 Å². The number of thioether (sulfide) groups is 1. The Balaban J connectivity index is 1.35. The van der Waals surface area contributed by atoms with Gasteiger partial charge in [-0.15, -0.1) is 11.8 Å². The highest BCUT2D eigenvalue weighted by Gasteiger charge is 2.23. The highest BCUT2D eigenvalue weighted by molar-refractivity contribution is 8.00. The molecule has 1 saturated heterocycles. The van der Waals surface area contributed by atoms with E-state index in [-0.39, 0.29) is 23.3 Å². The molecule has 0 atom stereocenters. The summed E-state index contributed by atoms with van der Waals surface area (Å²) < 4.78 is 10.1. The van der Waals surface area contributed by atoms with Crippen LogP contribution in [0.3, 0.4) is 0 Å². The fraction of sp³-hybridized carbons (Fsp3) is 0.556. The Bertz CT molecular complexity index is 806. The minimum Gasteiger partial charge on any atom is -0.361 e. The number of hydrogen-bond donors (Lipinski definition) is 1. The number of aryl methyl sites for hydroxylation is 3. The summed E-state index contributed by atoms with van der Waals surface area (Å²) in [5.74, 6) is 2.23. The summed E-state index contributed by atoms with van der Waals surface area (Å²) in [6.07, 6.45) is 0. The van der Waals surface area contributed by atoms with E-state index in [0.717, 1.165) is 36.7 Å². The number of aromatic nitrogens is 2. The minimum absolute atomic E-state index is 0.0621. The summed E-state index contributed by atoms with van der Waals surface area (Å²) in [7, 11) is 0. The Hall–Kier alpha value is -2.33. The molecule has 0 bridgehead atoms. The third-order valence-corrected chi connectivity index (χ3v) is 5.56. The number of amides is 2. The Labute approximate surface area is 167 Å². The molecular formula is C18H25N5O4S. The van der Waals surface area contributed by atoms with E-state index in [2.05, 4.69) is 20.5 Å². The van der Waals surface area contributed by atoms with Crippen molar-refractivity contribution in [3.8, 4) is 0 Å². The van der Waals surface area contributed by atoms with Crippen LogP contribution in [0.5, 0.6) is 0 Å². The van der Waals surface area contributed by atoms with E-state index in [9.17, 15) is 9.59 Å². The lowest BCUT2D eigenvalue weighted by atomic mass is 10.2. The van der Waals surface area contributed by atoms with Gasteiger partial charge < -0.3 is 19.3 Å². The number of hydrogen-bond acceptors (Lipinski definition) is 8. The second-order valence-electron chi connectivity index (χ2n) is 6.82. The van der Waals surface area contributed by atoms with Crippen molar-refractivity contribution >= 4 is 29.4 Å². The van der Waals surface area contributed by atoms with E-state index in [4.69, 9.17) is 9.05 Å². The van der Waals surface area contributed by atoms with Crippen molar-refractivity contribution in [1.82, 2.24) is 20.1 Å². The number of carbonyl (C=O) groups is 2. The molecule has 1 N–H and O–H groups in total. The molecule has 3 heterocycles. The molecule has 0 saturated carbocycles. The second-order valence-corrected chi connectivity index (χ2v) is 7.81. The van der Waals surface area contributed by atoms with Crippen molar-refractivity contribution in [1.29, 1.82) is 0 Å². The molecule has 1 fully saturated rings. The van der Waals surface area contributed by atoms with Crippen LogP contribution in [0.15, 0.2) is 15.1 Å². The second kappa shape index (κ2) is 9.24. The molecule has 1 aliphatic heterocycles. The van der Waals surface area contributed by atoms with Crippen LogP contribution in [-0.4, -0.2) is 69.6 Å². The van der Waals surface area contributed by atoms with Crippen molar-refractivity contribution in [3.05, 3.63) is 28.8 Å². The molecule has 2 aromatic rings. The molecule has 2 amide bonds. The zero-order valence-corrected chi connectivity index (χ0v) is 17.2. The molecule has 2 aromatic heterocycles. The molecule has 152 valence electrons. The van der Waals surface area contributed by atoms with Gasteiger partial charge in [-0.1, -0.05) is 10.3 Å². The zero-order valence-electron chi connectivity index (χ0n) is 16.4. The maximum atomic E-state index is 12.4. The molecule has 10 heteroatoms. The number of carbonyl (C=O) groups excluding carboxylic acids is 2. The predicted molar refractivity (Wildman–Crippen MR) is 105 cm³/mol. The molecule has 0 unspecified atom stereocenters. The molecule has 1 aliphatic rings. The number of piperazine rings is 1. The number of anilines is 1. The Morgan fingerprint density at radius 3 is 2.46 bits per heavy atom. The van der Waals surface area contributed by atoms with Crippen molar-refractivity contribution in [2.75, 3.05) is 43.0 Å². The third kappa shape index (κ3) is 5.35.